The zero-order valence-corrected chi connectivity index (χ0v) is 10.1. The van der Waals surface area contributed by atoms with Crippen LogP contribution < -0.4 is 4.90 Å². The van der Waals surface area contributed by atoms with E-state index in [1.165, 1.54) is 17.2 Å². The first-order chi connectivity index (χ1) is 8.58. The number of ketones is 1. The molecule has 0 aliphatic rings. The van der Waals surface area contributed by atoms with Crippen molar-refractivity contribution in [3.8, 4) is 0 Å². The van der Waals surface area contributed by atoms with E-state index < -0.39 is 13.0 Å². The van der Waals surface area contributed by atoms with Gasteiger partial charge in [0.05, 0.1) is 25.0 Å². The van der Waals surface area contributed by atoms with Gasteiger partial charge in [-0.15, -0.1) is 0 Å². The summed E-state index contributed by atoms with van der Waals surface area (Å²) < 4.78 is 24.7. The van der Waals surface area contributed by atoms with Crippen molar-refractivity contribution in [2.75, 3.05) is 24.6 Å². The predicted molar refractivity (Wildman–Crippen MR) is 64.2 cm³/mol. The molecular formula is C12H16F2N2O2. The fourth-order valence-corrected chi connectivity index (χ4v) is 1.53. The Morgan fingerprint density at radius 1 is 1.50 bits per heavy atom. The van der Waals surface area contributed by atoms with Crippen LogP contribution in [-0.2, 0) is 0 Å². The van der Waals surface area contributed by atoms with Crippen LogP contribution in [0.15, 0.2) is 18.3 Å². The number of carbonyl (C=O) groups is 1. The number of aliphatic hydroxyl groups is 1. The van der Waals surface area contributed by atoms with Crippen molar-refractivity contribution in [2.45, 2.75) is 19.8 Å². The second-order valence-electron chi connectivity index (χ2n) is 3.74. The van der Waals surface area contributed by atoms with E-state index in [-0.39, 0.29) is 18.9 Å². The van der Waals surface area contributed by atoms with Gasteiger partial charge in [0.2, 0.25) is 0 Å². The SMILES string of the molecule is CCC(=O)c1ccc(N(CCO)CC(F)F)cn1. The van der Waals surface area contributed by atoms with Gasteiger partial charge in [0.15, 0.2) is 5.78 Å². The highest BCUT2D eigenvalue weighted by Gasteiger charge is 2.13. The number of nitrogens with zero attached hydrogens (tertiary/aromatic N) is 2. The van der Waals surface area contributed by atoms with Gasteiger partial charge in [0.25, 0.3) is 6.43 Å². The second kappa shape index (κ2) is 7.00. The Morgan fingerprint density at radius 3 is 2.67 bits per heavy atom. The lowest BCUT2D eigenvalue weighted by molar-refractivity contribution is 0.0983. The molecule has 1 aromatic rings. The van der Waals surface area contributed by atoms with Gasteiger partial charge >= 0.3 is 0 Å². The van der Waals surface area contributed by atoms with Crippen LogP contribution in [0.25, 0.3) is 0 Å². The van der Waals surface area contributed by atoms with E-state index in [1.807, 2.05) is 0 Å². The third-order valence-corrected chi connectivity index (χ3v) is 2.45. The molecule has 100 valence electrons. The van der Waals surface area contributed by atoms with Crippen LogP contribution in [0, 0.1) is 0 Å². The van der Waals surface area contributed by atoms with Crippen molar-refractivity contribution in [2.24, 2.45) is 0 Å². The molecule has 0 unspecified atom stereocenters. The molecule has 0 aliphatic heterocycles. The lowest BCUT2D eigenvalue weighted by Gasteiger charge is -2.23. The van der Waals surface area contributed by atoms with Gasteiger partial charge in [0, 0.05) is 13.0 Å². The Hall–Kier alpha value is -1.56. The van der Waals surface area contributed by atoms with Crippen LogP contribution in [0.3, 0.4) is 0 Å². The van der Waals surface area contributed by atoms with E-state index in [0.717, 1.165) is 0 Å². The Kier molecular flexibility index (Phi) is 5.64. The molecule has 0 spiro atoms. The molecule has 0 atom stereocenters. The Labute approximate surface area is 104 Å². The summed E-state index contributed by atoms with van der Waals surface area (Å²) in [6, 6.07) is 3.07. The molecule has 0 bridgehead atoms. The Morgan fingerprint density at radius 2 is 2.22 bits per heavy atom. The number of aliphatic hydroxyl groups excluding tert-OH is 1. The van der Waals surface area contributed by atoms with Crippen molar-refractivity contribution in [1.29, 1.82) is 0 Å². The summed E-state index contributed by atoms with van der Waals surface area (Å²) in [5.74, 6) is -0.0934. The normalized spacial score (nSPS) is 10.7. The van der Waals surface area contributed by atoms with Crippen molar-refractivity contribution in [1.82, 2.24) is 4.98 Å². The predicted octanol–water partition coefficient (Wildman–Crippen LogP) is 1.74. The highest BCUT2D eigenvalue weighted by atomic mass is 19.3. The number of hydrogen-bond donors (Lipinski definition) is 1. The average Bonchev–Trinajstić information content (AvgIpc) is 2.37. The molecule has 6 heteroatoms. The fourth-order valence-electron chi connectivity index (χ4n) is 1.53. The summed E-state index contributed by atoms with van der Waals surface area (Å²) in [6.07, 6.45) is -0.765. The van der Waals surface area contributed by atoms with Crippen LogP contribution in [0.4, 0.5) is 14.5 Å². The highest BCUT2D eigenvalue weighted by Crippen LogP contribution is 2.15. The zero-order valence-electron chi connectivity index (χ0n) is 10.1. The largest absolute Gasteiger partial charge is 0.395 e. The van der Waals surface area contributed by atoms with Crippen molar-refractivity contribution < 1.29 is 18.7 Å². The molecule has 0 amide bonds. The topological polar surface area (TPSA) is 53.4 Å². The molecule has 0 saturated heterocycles. The average molecular weight is 258 g/mol. The summed E-state index contributed by atoms with van der Waals surface area (Å²) in [5, 5.41) is 8.83. The first kappa shape index (κ1) is 14.5. The molecule has 0 fully saturated rings. The first-order valence-corrected chi connectivity index (χ1v) is 5.71. The minimum absolute atomic E-state index is 0.0934. The minimum atomic E-state index is -2.49. The van der Waals surface area contributed by atoms with E-state index in [4.69, 9.17) is 5.11 Å². The summed E-state index contributed by atoms with van der Waals surface area (Å²) in [7, 11) is 0. The van der Waals surface area contributed by atoms with Gasteiger partial charge in [-0.1, -0.05) is 6.92 Å². The second-order valence-corrected chi connectivity index (χ2v) is 3.74. The van der Waals surface area contributed by atoms with Crippen LogP contribution in [0.1, 0.15) is 23.8 Å². The Bertz CT molecular complexity index is 382. The third kappa shape index (κ3) is 4.03. The lowest BCUT2D eigenvalue weighted by atomic mass is 10.2. The maximum atomic E-state index is 12.4. The standard InChI is InChI=1S/C12H16F2N2O2/c1-2-11(18)10-4-3-9(7-15-10)16(5-6-17)8-12(13)14/h3-4,7,12,17H,2,5-6,8H2,1H3. The molecule has 0 aromatic carbocycles. The smallest absolute Gasteiger partial charge is 0.255 e. The minimum Gasteiger partial charge on any atom is -0.395 e. The van der Waals surface area contributed by atoms with Crippen molar-refractivity contribution in [3.05, 3.63) is 24.0 Å². The fraction of sp³-hybridized carbons (Fsp3) is 0.500. The number of carbonyl (C=O) groups excluding carboxylic acids is 1. The maximum Gasteiger partial charge on any atom is 0.255 e. The third-order valence-electron chi connectivity index (χ3n) is 2.45. The number of pyridine rings is 1. The van der Waals surface area contributed by atoms with E-state index in [1.54, 1.807) is 13.0 Å². The molecule has 0 aliphatic carbocycles. The summed E-state index contributed by atoms with van der Waals surface area (Å²) in [5.41, 5.74) is 0.791. The van der Waals surface area contributed by atoms with E-state index >= 15 is 0 Å². The number of halogens is 2. The Balaban J connectivity index is 2.82. The first-order valence-electron chi connectivity index (χ1n) is 5.71. The number of alkyl halides is 2. The molecule has 1 N–H and O–H groups in total. The van der Waals surface area contributed by atoms with Gasteiger partial charge in [0.1, 0.15) is 5.69 Å². The van der Waals surface area contributed by atoms with Crippen LogP contribution in [0.5, 0.6) is 0 Å². The number of aromatic nitrogens is 1. The van der Waals surface area contributed by atoms with E-state index in [2.05, 4.69) is 4.98 Å². The van der Waals surface area contributed by atoms with Crippen LogP contribution in [-0.4, -0.2) is 42.0 Å². The highest BCUT2D eigenvalue weighted by molar-refractivity contribution is 5.94. The molecule has 0 radical (unpaired) electrons. The number of hydrogen-bond acceptors (Lipinski definition) is 4. The monoisotopic (exact) mass is 258 g/mol. The van der Waals surface area contributed by atoms with E-state index in [9.17, 15) is 13.6 Å². The molecule has 18 heavy (non-hydrogen) atoms. The van der Waals surface area contributed by atoms with Gasteiger partial charge < -0.3 is 10.0 Å². The van der Waals surface area contributed by atoms with Crippen molar-refractivity contribution >= 4 is 11.5 Å². The van der Waals surface area contributed by atoms with Crippen LogP contribution in [0.2, 0.25) is 0 Å². The summed E-state index contributed by atoms with van der Waals surface area (Å²) in [4.78, 5) is 16.6. The van der Waals surface area contributed by atoms with Gasteiger partial charge in [-0.2, -0.15) is 0 Å². The van der Waals surface area contributed by atoms with Gasteiger partial charge in [-0.05, 0) is 12.1 Å². The number of anilines is 1. The number of Topliss-reactive ketones (excluding diaryl/α,β-unsaturated/α-hetero) is 1. The van der Waals surface area contributed by atoms with Crippen LogP contribution >= 0.6 is 0 Å². The van der Waals surface area contributed by atoms with E-state index in [0.29, 0.717) is 17.8 Å². The number of rotatable bonds is 7. The van der Waals surface area contributed by atoms with Crippen molar-refractivity contribution in [3.63, 3.8) is 0 Å². The molecule has 1 heterocycles. The molecule has 1 aromatic heterocycles. The molecule has 0 saturated carbocycles. The summed E-state index contributed by atoms with van der Waals surface area (Å²) >= 11 is 0. The van der Waals surface area contributed by atoms with Gasteiger partial charge in [-0.25, -0.2) is 8.78 Å². The molecule has 1 rings (SSSR count). The lowest BCUT2D eigenvalue weighted by Crippen LogP contribution is -2.31. The molecule has 4 nitrogen and oxygen atoms in total. The summed E-state index contributed by atoms with van der Waals surface area (Å²) in [6.45, 7) is 1.14. The maximum absolute atomic E-state index is 12.4. The quantitative estimate of drug-likeness (QED) is 0.757. The molecular weight excluding hydrogens is 242 g/mol. The van der Waals surface area contributed by atoms with Gasteiger partial charge in [-0.3, -0.25) is 9.78 Å². The zero-order chi connectivity index (χ0) is 13.5.